The van der Waals surface area contributed by atoms with E-state index in [0.717, 1.165) is 134 Å². The second-order valence-corrected chi connectivity index (χ2v) is 27.8. The summed E-state index contributed by atoms with van der Waals surface area (Å²) in [5.74, 6) is 5.08. The summed E-state index contributed by atoms with van der Waals surface area (Å²) in [6, 6.07) is 80.7. The van der Waals surface area contributed by atoms with Gasteiger partial charge in [-0.3, -0.25) is 4.57 Å². The van der Waals surface area contributed by atoms with E-state index in [1.807, 2.05) is 12.3 Å². The van der Waals surface area contributed by atoms with E-state index in [4.69, 9.17) is 19.2 Å². The van der Waals surface area contributed by atoms with Crippen LogP contribution in [0, 0.1) is 18.5 Å². The summed E-state index contributed by atoms with van der Waals surface area (Å²) >= 11 is 0. The standard InChI is InChI=1S/C72H50BN5O3Si.Pt/c1-72(2,3)46-37-38-74-64(39-46)78-56-40-48(33-35-52(56)65-58(78)42-61-68-71(65)81-60-31-17-28-54-67(60)73(68)66-53(27-16-30-59(66)80-61)77(54)47-23-13-8-14-24-47)79-49-34-36-62-57(41-49)76-43-75(55-29-18-32-63(70(55)76)82(62,4)5)69-50(44-19-9-6-10-20-44)25-15-26-51(69)45-21-11-7-12-22-45;/h6-39,42H,1-5H3;/q-2;. The SMILES string of the molecule is CC(C)(C)c1ccnc(-n2c3[c-]c(Oc4[c-]c5c(cc4)[Si](C)(C)c4cccc6c4n-5[c-][n+]6-c4c(-c5ccccc5)cccc4-c4ccccc4)ccc3c3c4c5c(cc32)Oc2cccc3c2B5c2c(cccc2N3c2ccccc2)O4)c1.[Pt]. The number of hydrogen-bond acceptors (Lipinski definition) is 5. The fourth-order valence-electron chi connectivity index (χ4n) is 13.6. The van der Waals surface area contributed by atoms with Crippen LogP contribution < -0.4 is 50.4 Å². The van der Waals surface area contributed by atoms with E-state index in [1.165, 1.54) is 10.4 Å². The molecule has 0 saturated heterocycles. The van der Waals surface area contributed by atoms with Crippen molar-refractivity contribution in [1.82, 2.24) is 14.1 Å². The molecule has 400 valence electrons. The van der Waals surface area contributed by atoms with Gasteiger partial charge in [-0.1, -0.05) is 177 Å². The molecule has 0 saturated carbocycles. The number of fused-ring (bicyclic) bond motifs is 6. The first-order valence-electron chi connectivity index (χ1n) is 28.1. The molecule has 7 heterocycles. The Morgan fingerprint density at radius 3 is 1.94 bits per heavy atom. The van der Waals surface area contributed by atoms with Gasteiger partial charge in [0.2, 0.25) is 0 Å². The predicted molar refractivity (Wildman–Crippen MR) is 332 cm³/mol. The number of nitrogens with zero attached hydrogens (tertiary/aromatic N) is 5. The molecule has 0 amide bonds. The molecule has 8 nitrogen and oxygen atoms in total. The van der Waals surface area contributed by atoms with E-state index in [2.05, 4.69) is 271 Å². The second kappa shape index (κ2) is 18.1. The van der Waals surface area contributed by atoms with E-state index in [-0.39, 0.29) is 33.2 Å². The van der Waals surface area contributed by atoms with E-state index >= 15 is 0 Å². The predicted octanol–water partition coefficient (Wildman–Crippen LogP) is 13.9. The van der Waals surface area contributed by atoms with Gasteiger partial charge in [0.25, 0.3) is 13.0 Å². The summed E-state index contributed by atoms with van der Waals surface area (Å²) < 4.78 is 28.2. The molecule has 0 radical (unpaired) electrons. The van der Waals surface area contributed by atoms with E-state index < -0.39 is 8.07 Å². The molecule has 0 unspecified atom stereocenters. The minimum atomic E-state index is -2.30. The van der Waals surface area contributed by atoms with Crippen molar-refractivity contribution in [3.63, 3.8) is 0 Å². The molecular weight excluding hydrogens is 1220 g/mol. The number of aromatic nitrogens is 4. The van der Waals surface area contributed by atoms with Crippen LogP contribution in [0.1, 0.15) is 26.3 Å². The van der Waals surface area contributed by atoms with Gasteiger partial charge in [0.1, 0.15) is 28.8 Å². The van der Waals surface area contributed by atoms with Crippen molar-refractivity contribution in [1.29, 1.82) is 0 Å². The van der Waals surface area contributed by atoms with Crippen molar-refractivity contribution < 1.29 is 39.8 Å². The Hall–Kier alpha value is -9.21. The number of para-hydroxylation sites is 3. The van der Waals surface area contributed by atoms with Crippen LogP contribution in [0.25, 0.3) is 72.3 Å². The Labute approximate surface area is 496 Å². The molecule has 4 aliphatic heterocycles. The van der Waals surface area contributed by atoms with Crippen LogP contribution in [0.5, 0.6) is 34.5 Å². The fraction of sp³-hybridized carbons (Fsp3) is 0.0833. The van der Waals surface area contributed by atoms with Crippen molar-refractivity contribution in [3.05, 3.63) is 236 Å². The van der Waals surface area contributed by atoms with Gasteiger partial charge < -0.3 is 28.2 Å². The molecule has 0 fully saturated rings. The van der Waals surface area contributed by atoms with Gasteiger partial charge in [0.15, 0.2) is 0 Å². The zero-order valence-electron chi connectivity index (χ0n) is 46.1. The molecule has 0 aliphatic carbocycles. The first-order valence-corrected chi connectivity index (χ1v) is 31.1. The topological polar surface area (TPSA) is 57.6 Å². The summed E-state index contributed by atoms with van der Waals surface area (Å²) in [5, 5.41) is 4.53. The third-order valence-electron chi connectivity index (χ3n) is 17.4. The van der Waals surface area contributed by atoms with Crippen LogP contribution in [-0.2, 0) is 26.5 Å². The van der Waals surface area contributed by atoms with Crippen LogP contribution in [0.15, 0.2) is 212 Å². The Kier molecular flexibility index (Phi) is 10.8. The van der Waals surface area contributed by atoms with Gasteiger partial charge >= 0.3 is 0 Å². The average Bonchev–Trinajstić information content (AvgIpc) is 2.22. The zero-order valence-corrected chi connectivity index (χ0v) is 49.3. The second-order valence-electron chi connectivity index (χ2n) is 23.5. The Bertz CT molecular complexity index is 4800. The molecule has 0 spiro atoms. The molecule has 4 aliphatic rings. The summed E-state index contributed by atoms with van der Waals surface area (Å²) in [7, 11) is -2.30. The molecular formula is C72H50BN5O3PtSi-2. The van der Waals surface area contributed by atoms with Gasteiger partial charge in [-0.25, -0.2) is 4.98 Å². The first kappa shape index (κ1) is 49.6. The average molecular weight is 1270 g/mol. The number of benzene rings is 10. The summed E-state index contributed by atoms with van der Waals surface area (Å²) in [5.41, 5.74) is 18.0. The smallest absolute Gasteiger partial charge is 0.268 e. The summed E-state index contributed by atoms with van der Waals surface area (Å²) in [6.07, 6.45) is 5.84. The monoisotopic (exact) mass is 1270 g/mol. The number of anilines is 3. The zero-order chi connectivity index (χ0) is 54.8. The van der Waals surface area contributed by atoms with Crippen molar-refractivity contribution in [2.45, 2.75) is 39.3 Å². The summed E-state index contributed by atoms with van der Waals surface area (Å²) in [6.45, 7) is 11.5. The van der Waals surface area contributed by atoms with E-state index in [1.54, 1.807) is 0 Å². The van der Waals surface area contributed by atoms with Gasteiger partial charge in [-0.05, 0) is 104 Å². The van der Waals surface area contributed by atoms with Crippen LogP contribution in [0.4, 0.5) is 17.1 Å². The Morgan fingerprint density at radius 1 is 0.602 bits per heavy atom. The maximum atomic E-state index is 7.32. The molecule has 11 heteroatoms. The Morgan fingerprint density at radius 2 is 1.24 bits per heavy atom. The number of ether oxygens (including phenoxy) is 3. The normalized spacial score (nSPS) is 13.7. The van der Waals surface area contributed by atoms with Gasteiger partial charge in [0, 0.05) is 80.9 Å². The molecule has 0 atom stereocenters. The molecule has 13 aromatic rings. The minimum Gasteiger partial charge on any atom is -0.510 e. The molecule has 0 bridgehead atoms. The third-order valence-corrected chi connectivity index (χ3v) is 20.9. The molecule has 10 aromatic carbocycles. The molecule has 17 rings (SSSR count). The van der Waals surface area contributed by atoms with Crippen molar-refractivity contribution in [2.75, 3.05) is 4.90 Å². The molecule has 83 heavy (non-hydrogen) atoms. The summed E-state index contributed by atoms with van der Waals surface area (Å²) in [4.78, 5) is 7.45. The number of pyridine rings is 1. The Balaban J connectivity index is 0.00000565. The van der Waals surface area contributed by atoms with E-state index in [0.29, 0.717) is 11.5 Å². The number of rotatable bonds is 7. The number of hydrogen-bond donors (Lipinski definition) is 0. The third kappa shape index (κ3) is 7.22. The van der Waals surface area contributed by atoms with Crippen molar-refractivity contribution >= 4 is 91.4 Å². The van der Waals surface area contributed by atoms with Crippen LogP contribution >= 0.6 is 0 Å². The minimum absolute atomic E-state index is 0. The molecule has 0 N–H and O–H groups in total. The van der Waals surface area contributed by atoms with Crippen LogP contribution in [0.2, 0.25) is 13.1 Å². The number of imidazole rings is 1. The van der Waals surface area contributed by atoms with Gasteiger partial charge in [-0.2, -0.15) is 12.1 Å². The van der Waals surface area contributed by atoms with Crippen LogP contribution in [0.3, 0.4) is 0 Å². The maximum Gasteiger partial charge on any atom is 0.268 e. The largest absolute Gasteiger partial charge is 0.510 e. The van der Waals surface area contributed by atoms with Gasteiger partial charge in [0.05, 0.1) is 16.7 Å². The van der Waals surface area contributed by atoms with Gasteiger partial charge in [-0.15, -0.1) is 29.5 Å². The molecule has 3 aromatic heterocycles. The van der Waals surface area contributed by atoms with Crippen molar-refractivity contribution in [3.8, 4) is 73.9 Å². The van der Waals surface area contributed by atoms with Crippen LogP contribution in [-0.4, -0.2) is 28.9 Å². The first-order chi connectivity index (χ1) is 40.1. The fourth-order valence-corrected chi connectivity index (χ4v) is 16.5. The quantitative estimate of drug-likeness (QED) is 0.0904. The van der Waals surface area contributed by atoms with E-state index in [9.17, 15) is 0 Å². The van der Waals surface area contributed by atoms with Crippen molar-refractivity contribution in [2.24, 2.45) is 0 Å². The maximum absolute atomic E-state index is 7.32.